The van der Waals surface area contributed by atoms with Crippen LogP contribution in [0.3, 0.4) is 0 Å². The van der Waals surface area contributed by atoms with Gasteiger partial charge in [0, 0.05) is 17.7 Å². The second kappa shape index (κ2) is 11.4. The van der Waals surface area contributed by atoms with Gasteiger partial charge in [-0.05, 0) is 57.2 Å². The van der Waals surface area contributed by atoms with Gasteiger partial charge in [0.05, 0.1) is 33.4 Å². The van der Waals surface area contributed by atoms with Crippen LogP contribution >= 0.6 is 0 Å². The third-order valence-electron chi connectivity index (χ3n) is 6.62. The number of carbonyl (C=O) groups excluding carboxylic acids is 2. The van der Waals surface area contributed by atoms with Gasteiger partial charge in [-0.25, -0.2) is 17.9 Å². The summed E-state index contributed by atoms with van der Waals surface area (Å²) >= 11 is 0. The normalized spacial score (nSPS) is 11.3. The monoisotopic (exact) mass is 600 g/mol. The molecule has 0 fully saturated rings. The number of hydrogen-bond acceptors (Lipinski definition) is 10. The number of ether oxygens (including phenoxy) is 1. The first-order chi connectivity index (χ1) is 20.5. The molecule has 5 aromatic rings. The highest BCUT2D eigenvalue weighted by molar-refractivity contribution is 7.91. The first-order valence-corrected chi connectivity index (χ1v) is 14.5. The number of aromatic nitrogens is 3. The average Bonchev–Trinajstić information content (AvgIpc) is 3.60. The van der Waals surface area contributed by atoms with Crippen molar-refractivity contribution in [3.63, 3.8) is 0 Å². The fourth-order valence-electron chi connectivity index (χ4n) is 4.48. The Balaban J connectivity index is 1.75. The van der Waals surface area contributed by atoms with Crippen LogP contribution in [-0.4, -0.2) is 46.6 Å². The third kappa shape index (κ3) is 5.33. The number of aryl methyl sites for hydroxylation is 1. The molecule has 0 amide bonds. The molecule has 13 heteroatoms. The summed E-state index contributed by atoms with van der Waals surface area (Å²) in [6.07, 6.45) is 0. The predicted molar refractivity (Wildman–Crippen MR) is 153 cm³/mol. The second-order valence-corrected chi connectivity index (χ2v) is 11.3. The summed E-state index contributed by atoms with van der Waals surface area (Å²) in [6.45, 7) is 5.07. The zero-order chi connectivity index (χ0) is 30.9. The number of nitrogens with zero attached hydrogens (tertiary/aromatic N) is 4. The molecule has 0 atom stereocenters. The summed E-state index contributed by atoms with van der Waals surface area (Å²) in [5.74, 6) is -2.12. The summed E-state index contributed by atoms with van der Waals surface area (Å²) in [4.78, 5) is 37.1. The number of sulfone groups is 1. The Hall–Kier alpha value is -5.43. The van der Waals surface area contributed by atoms with E-state index in [1.165, 1.54) is 53.2 Å². The quantitative estimate of drug-likeness (QED) is 0.0939. The van der Waals surface area contributed by atoms with Gasteiger partial charge in [-0.2, -0.15) is 5.10 Å². The van der Waals surface area contributed by atoms with Crippen LogP contribution in [0, 0.1) is 24.0 Å². The Kier molecular flexibility index (Phi) is 7.74. The minimum Gasteiger partial charge on any atom is -0.461 e. The SMILES string of the molecule is CCOC(=O)c1nn(-c2ccc(C)cc2)c(C)c1C(=O)c1noc(-c2ccc([N+](=O)[O-])cc2)c1S(=O)(=O)c1ccccc1. The highest BCUT2D eigenvalue weighted by atomic mass is 32.2. The summed E-state index contributed by atoms with van der Waals surface area (Å²) in [6, 6.07) is 19.5. The molecule has 0 saturated heterocycles. The Labute approximate surface area is 245 Å². The number of rotatable bonds is 9. The highest BCUT2D eigenvalue weighted by Gasteiger charge is 2.38. The molecule has 0 N–H and O–H groups in total. The van der Waals surface area contributed by atoms with Crippen molar-refractivity contribution in [2.24, 2.45) is 0 Å². The lowest BCUT2D eigenvalue weighted by Gasteiger charge is -2.08. The van der Waals surface area contributed by atoms with Crippen molar-refractivity contribution in [2.75, 3.05) is 6.61 Å². The summed E-state index contributed by atoms with van der Waals surface area (Å²) < 4.78 is 40.0. The number of ketones is 1. The van der Waals surface area contributed by atoms with E-state index >= 15 is 0 Å². The molecule has 5 rings (SSSR count). The predicted octanol–water partition coefficient (Wildman–Crippen LogP) is 5.29. The summed E-state index contributed by atoms with van der Waals surface area (Å²) in [5, 5.41) is 19.4. The molecular weight excluding hydrogens is 576 g/mol. The fourth-order valence-corrected chi connectivity index (χ4v) is 6.02. The van der Waals surface area contributed by atoms with Gasteiger partial charge in [0.2, 0.25) is 15.6 Å². The molecule has 43 heavy (non-hydrogen) atoms. The number of hydrogen-bond donors (Lipinski definition) is 0. The highest BCUT2D eigenvalue weighted by Crippen LogP contribution is 2.37. The van der Waals surface area contributed by atoms with Crippen LogP contribution in [0.15, 0.2) is 93.2 Å². The maximum absolute atomic E-state index is 14.2. The van der Waals surface area contributed by atoms with E-state index in [4.69, 9.17) is 9.26 Å². The Bertz CT molecular complexity index is 1960. The largest absolute Gasteiger partial charge is 0.461 e. The molecule has 2 aromatic heterocycles. The number of nitro groups is 1. The van der Waals surface area contributed by atoms with E-state index in [-0.39, 0.29) is 45.5 Å². The molecule has 218 valence electrons. The molecule has 2 heterocycles. The van der Waals surface area contributed by atoms with E-state index < -0.39 is 37.1 Å². The van der Waals surface area contributed by atoms with E-state index in [0.29, 0.717) is 5.69 Å². The van der Waals surface area contributed by atoms with E-state index in [9.17, 15) is 28.1 Å². The molecule has 0 aliphatic rings. The van der Waals surface area contributed by atoms with Crippen molar-refractivity contribution in [1.82, 2.24) is 14.9 Å². The van der Waals surface area contributed by atoms with Crippen molar-refractivity contribution in [1.29, 1.82) is 0 Å². The van der Waals surface area contributed by atoms with Crippen molar-refractivity contribution in [3.05, 3.63) is 117 Å². The number of esters is 1. The van der Waals surface area contributed by atoms with Gasteiger partial charge in [-0.3, -0.25) is 14.9 Å². The smallest absolute Gasteiger partial charge is 0.359 e. The molecule has 0 bridgehead atoms. The van der Waals surface area contributed by atoms with Gasteiger partial charge in [-0.15, -0.1) is 0 Å². The molecule has 0 aliphatic heterocycles. The number of nitro benzene ring substituents is 1. The van der Waals surface area contributed by atoms with Gasteiger partial charge < -0.3 is 9.26 Å². The molecule has 12 nitrogen and oxygen atoms in total. The molecule has 0 unspecified atom stereocenters. The molecule has 0 radical (unpaired) electrons. The van der Waals surface area contributed by atoms with E-state index in [1.807, 2.05) is 19.1 Å². The molecular formula is C30H24N4O8S. The maximum atomic E-state index is 14.2. The van der Waals surface area contributed by atoms with Crippen molar-refractivity contribution in [2.45, 2.75) is 30.6 Å². The van der Waals surface area contributed by atoms with Gasteiger partial charge in [0.15, 0.2) is 22.0 Å². The zero-order valence-corrected chi connectivity index (χ0v) is 24.0. The Morgan fingerprint density at radius 2 is 1.60 bits per heavy atom. The van der Waals surface area contributed by atoms with Crippen molar-refractivity contribution in [3.8, 4) is 17.0 Å². The summed E-state index contributed by atoms with van der Waals surface area (Å²) in [7, 11) is -4.45. The summed E-state index contributed by atoms with van der Waals surface area (Å²) in [5.41, 5.74) is 0.535. The first kappa shape index (κ1) is 29.1. The minimum atomic E-state index is -4.45. The van der Waals surface area contributed by atoms with Crippen LogP contribution in [0.5, 0.6) is 0 Å². The number of carbonyl (C=O) groups is 2. The molecule has 0 spiro atoms. The topological polar surface area (TPSA) is 164 Å². The Morgan fingerprint density at radius 3 is 2.21 bits per heavy atom. The number of non-ortho nitro benzene ring substituents is 1. The van der Waals surface area contributed by atoms with Crippen LogP contribution in [0.1, 0.15) is 44.7 Å². The van der Waals surface area contributed by atoms with Gasteiger partial charge >= 0.3 is 5.97 Å². The van der Waals surface area contributed by atoms with Crippen molar-refractivity contribution >= 4 is 27.3 Å². The molecule has 0 saturated carbocycles. The van der Waals surface area contributed by atoms with Gasteiger partial charge in [0.1, 0.15) is 0 Å². The average molecular weight is 601 g/mol. The van der Waals surface area contributed by atoms with E-state index in [1.54, 1.807) is 32.0 Å². The van der Waals surface area contributed by atoms with Gasteiger partial charge in [0.25, 0.3) is 5.69 Å². The standard InChI is InChI=1S/C30H24N4O8S/c1-4-41-30(36)25-24(19(3)33(31-25)21-14-10-18(2)11-15-21)27(35)26-29(43(39,40)23-8-6-5-7-9-23)28(42-32-26)20-12-16-22(17-13-20)34(37)38/h5-17H,4H2,1-3H3. The van der Waals surface area contributed by atoms with E-state index in [2.05, 4.69) is 10.3 Å². The van der Waals surface area contributed by atoms with Crippen LogP contribution in [0.4, 0.5) is 5.69 Å². The minimum absolute atomic E-state index is 0.00475. The van der Waals surface area contributed by atoms with Crippen LogP contribution in [0.2, 0.25) is 0 Å². The van der Waals surface area contributed by atoms with Crippen LogP contribution < -0.4 is 0 Å². The lowest BCUT2D eigenvalue weighted by Crippen LogP contribution is -2.15. The fraction of sp³-hybridized carbons (Fsp3) is 0.133. The van der Waals surface area contributed by atoms with Crippen LogP contribution in [-0.2, 0) is 14.6 Å². The zero-order valence-electron chi connectivity index (χ0n) is 23.2. The lowest BCUT2D eigenvalue weighted by atomic mass is 10.0. The first-order valence-electron chi connectivity index (χ1n) is 13.0. The molecule has 0 aliphatic carbocycles. The maximum Gasteiger partial charge on any atom is 0.359 e. The van der Waals surface area contributed by atoms with Crippen LogP contribution in [0.25, 0.3) is 17.0 Å². The van der Waals surface area contributed by atoms with Crippen molar-refractivity contribution < 1.29 is 32.2 Å². The lowest BCUT2D eigenvalue weighted by molar-refractivity contribution is -0.384. The Morgan fingerprint density at radius 1 is 0.953 bits per heavy atom. The molecule has 3 aromatic carbocycles. The third-order valence-corrected chi connectivity index (χ3v) is 8.43. The number of benzene rings is 3. The second-order valence-electron chi connectivity index (χ2n) is 9.42. The van der Waals surface area contributed by atoms with Gasteiger partial charge in [-0.1, -0.05) is 41.1 Å². The van der Waals surface area contributed by atoms with E-state index in [0.717, 1.165) is 5.56 Å².